The SMILES string of the molecule is CC(C)/C=C(\C=O)C(=O)c1ccccc1. The number of allylic oxidation sites excluding steroid dienone is 2. The van der Waals surface area contributed by atoms with Gasteiger partial charge < -0.3 is 0 Å². The number of carbonyl (C=O) groups excluding carboxylic acids is 2. The molecule has 0 saturated carbocycles. The molecule has 0 aromatic heterocycles. The molecule has 15 heavy (non-hydrogen) atoms. The van der Waals surface area contributed by atoms with Crippen molar-refractivity contribution in [2.24, 2.45) is 5.92 Å². The first-order valence-electron chi connectivity index (χ1n) is 4.92. The monoisotopic (exact) mass is 202 g/mol. The van der Waals surface area contributed by atoms with Gasteiger partial charge in [-0.1, -0.05) is 50.3 Å². The van der Waals surface area contributed by atoms with E-state index in [1.807, 2.05) is 19.9 Å². The molecular weight excluding hydrogens is 188 g/mol. The van der Waals surface area contributed by atoms with E-state index in [0.717, 1.165) is 0 Å². The predicted octanol–water partition coefficient (Wildman–Crippen LogP) is 2.65. The summed E-state index contributed by atoms with van der Waals surface area (Å²) < 4.78 is 0. The summed E-state index contributed by atoms with van der Waals surface area (Å²) in [5.41, 5.74) is 0.785. The smallest absolute Gasteiger partial charge is 0.195 e. The summed E-state index contributed by atoms with van der Waals surface area (Å²) in [6, 6.07) is 8.82. The maximum atomic E-state index is 11.8. The molecule has 2 heteroatoms. The first kappa shape index (κ1) is 11.4. The molecule has 0 saturated heterocycles. The molecular formula is C13H14O2. The molecule has 0 radical (unpaired) electrons. The molecule has 78 valence electrons. The van der Waals surface area contributed by atoms with E-state index < -0.39 is 0 Å². The van der Waals surface area contributed by atoms with E-state index in [9.17, 15) is 9.59 Å². The fourth-order valence-electron chi connectivity index (χ4n) is 1.28. The molecule has 2 nitrogen and oxygen atoms in total. The highest BCUT2D eigenvalue weighted by atomic mass is 16.1. The van der Waals surface area contributed by atoms with Gasteiger partial charge in [0.1, 0.15) is 0 Å². The molecule has 0 heterocycles. The second-order valence-electron chi connectivity index (χ2n) is 3.68. The van der Waals surface area contributed by atoms with Crippen molar-refractivity contribution in [3.8, 4) is 0 Å². The number of carbonyl (C=O) groups is 2. The number of hydrogen-bond acceptors (Lipinski definition) is 2. The minimum Gasteiger partial charge on any atom is -0.298 e. The number of aldehydes is 1. The van der Waals surface area contributed by atoms with Crippen LogP contribution in [-0.2, 0) is 4.79 Å². The van der Waals surface area contributed by atoms with Gasteiger partial charge in [0, 0.05) is 5.56 Å². The Balaban J connectivity index is 2.98. The van der Waals surface area contributed by atoms with Gasteiger partial charge in [0.15, 0.2) is 12.1 Å². The fourth-order valence-corrected chi connectivity index (χ4v) is 1.28. The van der Waals surface area contributed by atoms with Crippen LogP contribution in [0.25, 0.3) is 0 Å². The van der Waals surface area contributed by atoms with Crippen LogP contribution >= 0.6 is 0 Å². The molecule has 0 N–H and O–H groups in total. The largest absolute Gasteiger partial charge is 0.298 e. The van der Waals surface area contributed by atoms with Crippen LogP contribution in [0.1, 0.15) is 24.2 Å². The summed E-state index contributed by atoms with van der Waals surface area (Å²) >= 11 is 0. The molecule has 0 amide bonds. The van der Waals surface area contributed by atoms with E-state index in [2.05, 4.69) is 0 Å². The molecule has 0 aliphatic heterocycles. The average Bonchev–Trinajstić information content (AvgIpc) is 2.26. The lowest BCUT2D eigenvalue weighted by Gasteiger charge is -2.01. The van der Waals surface area contributed by atoms with Crippen molar-refractivity contribution in [3.63, 3.8) is 0 Å². The maximum absolute atomic E-state index is 11.8. The molecule has 0 aliphatic carbocycles. The Morgan fingerprint density at radius 1 is 1.20 bits per heavy atom. The van der Waals surface area contributed by atoms with Crippen LogP contribution in [0.4, 0.5) is 0 Å². The summed E-state index contributed by atoms with van der Waals surface area (Å²) in [6.07, 6.45) is 2.30. The summed E-state index contributed by atoms with van der Waals surface area (Å²) in [4.78, 5) is 22.6. The normalized spacial score (nSPS) is 11.5. The Labute approximate surface area is 89.6 Å². The third-order valence-electron chi connectivity index (χ3n) is 1.94. The zero-order valence-electron chi connectivity index (χ0n) is 8.94. The highest BCUT2D eigenvalue weighted by molar-refractivity contribution is 6.20. The van der Waals surface area contributed by atoms with Gasteiger partial charge in [-0.05, 0) is 5.92 Å². The Bertz CT molecular complexity index is 375. The lowest BCUT2D eigenvalue weighted by molar-refractivity contribution is -0.104. The van der Waals surface area contributed by atoms with E-state index in [0.29, 0.717) is 11.8 Å². The molecule has 0 spiro atoms. The van der Waals surface area contributed by atoms with Gasteiger partial charge in [-0.3, -0.25) is 9.59 Å². The second kappa shape index (κ2) is 5.25. The van der Waals surface area contributed by atoms with Crippen molar-refractivity contribution in [3.05, 3.63) is 47.5 Å². The zero-order valence-corrected chi connectivity index (χ0v) is 8.94. The lowest BCUT2D eigenvalue weighted by Crippen LogP contribution is -2.05. The fraction of sp³-hybridized carbons (Fsp3) is 0.231. The van der Waals surface area contributed by atoms with Crippen LogP contribution < -0.4 is 0 Å². The average molecular weight is 202 g/mol. The Hall–Kier alpha value is -1.70. The lowest BCUT2D eigenvalue weighted by atomic mass is 10.0. The molecule has 0 bridgehead atoms. The number of ketones is 1. The zero-order chi connectivity index (χ0) is 11.3. The third-order valence-corrected chi connectivity index (χ3v) is 1.94. The Morgan fingerprint density at radius 3 is 2.27 bits per heavy atom. The van der Waals surface area contributed by atoms with Crippen molar-refractivity contribution in [2.45, 2.75) is 13.8 Å². The van der Waals surface area contributed by atoms with Gasteiger partial charge in [0.05, 0.1) is 5.57 Å². The quantitative estimate of drug-likeness (QED) is 0.247. The minimum absolute atomic E-state index is 0.192. The van der Waals surface area contributed by atoms with Gasteiger partial charge in [0.25, 0.3) is 0 Å². The summed E-state index contributed by atoms with van der Waals surface area (Å²) in [5, 5.41) is 0. The second-order valence-corrected chi connectivity index (χ2v) is 3.68. The van der Waals surface area contributed by atoms with Crippen molar-refractivity contribution >= 4 is 12.1 Å². The van der Waals surface area contributed by atoms with Crippen LogP contribution in [0.5, 0.6) is 0 Å². The van der Waals surface area contributed by atoms with Crippen LogP contribution in [0, 0.1) is 5.92 Å². The van der Waals surface area contributed by atoms with Gasteiger partial charge in [-0.2, -0.15) is 0 Å². The van der Waals surface area contributed by atoms with Gasteiger partial charge >= 0.3 is 0 Å². The first-order valence-corrected chi connectivity index (χ1v) is 4.92. The molecule has 0 aliphatic rings. The Kier molecular flexibility index (Phi) is 3.98. The van der Waals surface area contributed by atoms with E-state index >= 15 is 0 Å². The maximum Gasteiger partial charge on any atom is 0.195 e. The van der Waals surface area contributed by atoms with Crippen LogP contribution in [0.2, 0.25) is 0 Å². The molecule has 0 unspecified atom stereocenters. The van der Waals surface area contributed by atoms with Crippen LogP contribution in [-0.4, -0.2) is 12.1 Å². The van der Waals surface area contributed by atoms with E-state index in [1.54, 1.807) is 30.3 Å². The molecule has 1 aromatic carbocycles. The van der Waals surface area contributed by atoms with Crippen molar-refractivity contribution < 1.29 is 9.59 Å². The number of Topliss-reactive ketones (excluding diaryl/α,β-unsaturated/α-hetero) is 1. The minimum atomic E-state index is -0.209. The predicted molar refractivity (Wildman–Crippen MR) is 59.8 cm³/mol. The summed E-state index contributed by atoms with van der Waals surface area (Å²) in [7, 11) is 0. The topological polar surface area (TPSA) is 34.1 Å². The molecule has 1 aromatic rings. The molecule has 0 atom stereocenters. The summed E-state index contributed by atoms with van der Waals surface area (Å²) in [5.74, 6) is -0.0165. The number of benzene rings is 1. The molecule has 1 rings (SSSR count). The Morgan fingerprint density at radius 2 is 1.80 bits per heavy atom. The van der Waals surface area contributed by atoms with Gasteiger partial charge in [-0.15, -0.1) is 0 Å². The van der Waals surface area contributed by atoms with E-state index in [4.69, 9.17) is 0 Å². The highest BCUT2D eigenvalue weighted by Crippen LogP contribution is 2.09. The van der Waals surface area contributed by atoms with Gasteiger partial charge in [-0.25, -0.2) is 0 Å². The molecule has 0 fully saturated rings. The number of rotatable bonds is 4. The number of hydrogen-bond donors (Lipinski definition) is 0. The third kappa shape index (κ3) is 3.17. The van der Waals surface area contributed by atoms with Crippen LogP contribution in [0.3, 0.4) is 0 Å². The first-order chi connectivity index (χ1) is 7.15. The van der Waals surface area contributed by atoms with Gasteiger partial charge in [0.2, 0.25) is 0 Å². The summed E-state index contributed by atoms with van der Waals surface area (Å²) in [6.45, 7) is 3.86. The van der Waals surface area contributed by atoms with E-state index in [1.165, 1.54) is 0 Å². The van der Waals surface area contributed by atoms with Crippen molar-refractivity contribution in [1.29, 1.82) is 0 Å². The van der Waals surface area contributed by atoms with E-state index in [-0.39, 0.29) is 17.3 Å². The van der Waals surface area contributed by atoms with Crippen molar-refractivity contribution in [1.82, 2.24) is 0 Å². The standard InChI is InChI=1S/C13H14O2/c1-10(2)8-12(9-14)13(15)11-6-4-3-5-7-11/h3-10H,1-2H3/b12-8+. The van der Waals surface area contributed by atoms with Crippen molar-refractivity contribution in [2.75, 3.05) is 0 Å². The van der Waals surface area contributed by atoms with Crippen LogP contribution in [0.15, 0.2) is 42.0 Å². The highest BCUT2D eigenvalue weighted by Gasteiger charge is 2.10.